The van der Waals surface area contributed by atoms with Crippen LogP contribution in [0.2, 0.25) is 0 Å². The predicted octanol–water partition coefficient (Wildman–Crippen LogP) is 4.08. The van der Waals surface area contributed by atoms with Crippen molar-refractivity contribution in [1.29, 1.82) is 0 Å². The second-order valence-electron chi connectivity index (χ2n) is 7.79. The lowest BCUT2D eigenvalue weighted by molar-refractivity contribution is 0.0273. The van der Waals surface area contributed by atoms with Gasteiger partial charge in [0.25, 0.3) is 0 Å². The first-order valence-corrected chi connectivity index (χ1v) is 9.91. The number of rotatable bonds is 3. The standard InChI is InChI=1S/C23H22FNO4/c1-14-8-19-18(12-25(13-28-19)11-17-6-3-7-27-17)23-21(14)22(26)20(29-23)10-15-4-2-5-16(24)9-15/h2,4-5,8-10,17H,3,6-7,11-13H2,1H3/b20-10-. The van der Waals surface area contributed by atoms with Crippen molar-refractivity contribution in [2.75, 3.05) is 19.9 Å². The summed E-state index contributed by atoms with van der Waals surface area (Å²) < 4.78 is 31.2. The number of carbonyl (C=O) groups excluding carboxylic acids is 1. The molecule has 0 amide bonds. The molecule has 6 heteroatoms. The minimum Gasteiger partial charge on any atom is -0.478 e. The van der Waals surface area contributed by atoms with Gasteiger partial charge in [0.1, 0.15) is 24.0 Å². The first-order valence-electron chi connectivity index (χ1n) is 9.91. The topological polar surface area (TPSA) is 48.0 Å². The number of hydrogen-bond donors (Lipinski definition) is 0. The summed E-state index contributed by atoms with van der Waals surface area (Å²) in [6, 6.07) is 8.00. The number of carbonyl (C=O) groups is 1. The van der Waals surface area contributed by atoms with Gasteiger partial charge >= 0.3 is 0 Å². The Balaban J connectivity index is 1.46. The van der Waals surface area contributed by atoms with Gasteiger partial charge in [0, 0.05) is 19.7 Å². The zero-order valence-corrected chi connectivity index (χ0v) is 16.2. The van der Waals surface area contributed by atoms with Gasteiger partial charge in [0.05, 0.1) is 17.2 Å². The van der Waals surface area contributed by atoms with Crippen LogP contribution in [0.1, 0.15) is 39.9 Å². The van der Waals surface area contributed by atoms with Gasteiger partial charge in [0.15, 0.2) is 5.76 Å². The fourth-order valence-corrected chi connectivity index (χ4v) is 4.22. The molecule has 5 rings (SSSR count). The van der Waals surface area contributed by atoms with Crippen LogP contribution in [0.25, 0.3) is 6.08 Å². The second kappa shape index (κ2) is 7.28. The maximum atomic E-state index is 13.5. The number of aryl methyl sites for hydroxylation is 1. The molecule has 0 N–H and O–H groups in total. The number of Topliss-reactive ketones (excluding diaryl/α,β-unsaturated/α-hetero) is 1. The highest BCUT2D eigenvalue weighted by molar-refractivity contribution is 6.15. The molecule has 1 saturated heterocycles. The Labute approximate surface area is 168 Å². The Morgan fingerprint density at radius 3 is 3.00 bits per heavy atom. The Morgan fingerprint density at radius 1 is 1.31 bits per heavy atom. The SMILES string of the molecule is Cc1cc2c(c3c1C(=O)/C(=C/c1cccc(F)c1)O3)CN(CC1CCCO1)CO2. The molecule has 29 heavy (non-hydrogen) atoms. The summed E-state index contributed by atoms with van der Waals surface area (Å²) in [5, 5.41) is 0. The molecular weight excluding hydrogens is 373 g/mol. The summed E-state index contributed by atoms with van der Waals surface area (Å²) in [6.45, 7) is 4.62. The number of hydrogen-bond acceptors (Lipinski definition) is 5. The fourth-order valence-electron chi connectivity index (χ4n) is 4.22. The summed E-state index contributed by atoms with van der Waals surface area (Å²) in [6.07, 6.45) is 3.97. The van der Waals surface area contributed by atoms with Gasteiger partial charge in [-0.15, -0.1) is 0 Å². The first kappa shape index (κ1) is 18.3. The number of ketones is 1. The maximum absolute atomic E-state index is 13.5. The summed E-state index contributed by atoms with van der Waals surface area (Å²) in [5.74, 6) is 0.988. The first-order chi connectivity index (χ1) is 14.1. The average molecular weight is 395 g/mol. The number of nitrogens with zero attached hydrogens (tertiary/aromatic N) is 1. The minimum atomic E-state index is -0.353. The molecule has 150 valence electrons. The Bertz CT molecular complexity index is 1010. The van der Waals surface area contributed by atoms with Crippen LogP contribution in [0.4, 0.5) is 4.39 Å². The number of fused-ring (bicyclic) bond motifs is 3. The van der Waals surface area contributed by atoms with Crippen LogP contribution in [-0.2, 0) is 11.3 Å². The van der Waals surface area contributed by atoms with Crippen LogP contribution < -0.4 is 9.47 Å². The molecule has 1 atom stereocenters. The van der Waals surface area contributed by atoms with Crippen molar-refractivity contribution in [3.05, 3.63) is 64.2 Å². The minimum absolute atomic E-state index is 0.180. The number of benzene rings is 2. The van der Waals surface area contributed by atoms with Crippen LogP contribution in [0.5, 0.6) is 11.5 Å². The van der Waals surface area contributed by atoms with Gasteiger partial charge < -0.3 is 14.2 Å². The number of allylic oxidation sites excluding steroid dienone is 1. The van der Waals surface area contributed by atoms with Crippen molar-refractivity contribution < 1.29 is 23.4 Å². The van der Waals surface area contributed by atoms with Gasteiger partial charge in [-0.05, 0) is 55.2 Å². The van der Waals surface area contributed by atoms with Gasteiger partial charge in [-0.1, -0.05) is 12.1 Å². The van der Waals surface area contributed by atoms with E-state index in [0.29, 0.717) is 30.2 Å². The fraction of sp³-hybridized carbons (Fsp3) is 0.348. The van der Waals surface area contributed by atoms with Crippen LogP contribution in [0.3, 0.4) is 0 Å². The molecule has 2 aromatic rings. The molecule has 0 bridgehead atoms. The van der Waals surface area contributed by atoms with Crippen molar-refractivity contribution in [2.24, 2.45) is 0 Å². The molecule has 3 aliphatic rings. The highest BCUT2D eigenvalue weighted by atomic mass is 19.1. The van der Waals surface area contributed by atoms with Crippen molar-refractivity contribution in [3.63, 3.8) is 0 Å². The summed E-state index contributed by atoms with van der Waals surface area (Å²) in [7, 11) is 0. The molecular formula is C23H22FNO4. The van der Waals surface area contributed by atoms with E-state index >= 15 is 0 Å². The van der Waals surface area contributed by atoms with Gasteiger partial charge in [0.2, 0.25) is 5.78 Å². The normalized spacial score (nSPS) is 22.3. The lowest BCUT2D eigenvalue weighted by atomic mass is 9.98. The predicted molar refractivity (Wildman–Crippen MR) is 105 cm³/mol. The molecule has 0 radical (unpaired) electrons. The van der Waals surface area contributed by atoms with E-state index in [1.54, 1.807) is 18.2 Å². The van der Waals surface area contributed by atoms with E-state index in [0.717, 1.165) is 42.9 Å². The van der Waals surface area contributed by atoms with Crippen LogP contribution >= 0.6 is 0 Å². The van der Waals surface area contributed by atoms with Crippen LogP contribution in [0.15, 0.2) is 36.1 Å². The third kappa shape index (κ3) is 3.43. The van der Waals surface area contributed by atoms with Crippen LogP contribution in [-0.4, -0.2) is 36.7 Å². The highest BCUT2D eigenvalue weighted by Crippen LogP contribution is 2.44. The van der Waals surface area contributed by atoms with E-state index in [1.165, 1.54) is 12.1 Å². The van der Waals surface area contributed by atoms with Gasteiger partial charge in [-0.25, -0.2) is 4.39 Å². The van der Waals surface area contributed by atoms with Gasteiger partial charge in [-0.2, -0.15) is 0 Å². The zero-order valence-electron chi connectivity index (χ0n) is 16.2. The summed E-state index contributed by atoms with van der Waals surface area (Å²) in [5.41, 5.74) is 2.85. The summed E-state index contributed by atoms with van der Waals surface area (Å²) >= 11 is 0. The highest BCUT2D eigenvalue weighted by Gasteiger charge is 2.36. The quantitative estimate of drug-likeness (QED) is 0.733. The van der Waals surface area contributed by atoms with E-state index in [-0.39, 0.29) is 23.5 Å². The monoisotopic (exact) mass is 395 g/mol. The zero-order chi connectivity index (χ0) is 20.0. The molecule has 3 aliphatic heterocycles. The van der Waals surface area contributed by atoms with Crippen LogP contribution in [0, 0.1) is 12.7 Å². The Hall–Kier alpha value is -2.70. The lowest BCUT2D eigenvalue weighted by Crippen LogP contribution is -2.37. The van der Waals surface area contributed by atoms with E-state index in [1.807, 2.05) is 13.0 Å². The molecule has 2 aromatic carbocycles. The molecule has 0 aliphatic carbocycles. The molecule has 0 spiro atoms. The third-order valence-corrected chi connectivity index (χ3v) is 5.62. The maximum Gasteiger partial charge on any atom is 0.232 e. The third-order valence-electron chi connectivity index (χ3n) is 5.62. The Morgan fingerprint density at radius 2 is 2.21 bits per heavy atom. The second-order valence-corrected chi connectivity index (χ2v) is 7.79. The molecule has 0 aromatic heterocycles. The lowest BCUT2D eigenvalue weighted by Gasteiger charge is -2.31. The molecule has 1 fully saturated rings. The average Bonchev–Trinajstić information content (AvgIpc) is 3.31. The van der Waals surface area contributed by atoms with Gasteiger partial charge in [-0.3, -0.25) is 9.69 Å². The van der Waals surface area contributed by atoms with Crippen molar-refractivity contribution in [3.8, 4) is 11.5 Å². The molecule has 1 unspecified atom stereocenters. The smallest absolute Gasteiger partial charge is 0.232 e. The number of halogens is 1. The van der Waals surface area contributed by atoms with Crippen molar-refractivity contribution in [2.45, 2.75) is 32.4 Å². The van der Waals surface area contributed by atoms with Crippen molar-refractivity contribution in [1.82, 2.24) is 4.90 Å². The number of ether oxygens (including phenoxy) is 3. The largest absolute Gasteiger partial charge is 0.478 e. The van der Waals surface area contributed by atoms with E-state index in [9.17, 15) is 9.18 Å². The summed E-state index contributed by atoms with van der Waals surface area (Å²) in [4.78, 5) is 15.2. The van der Waals surface area contributed by atoms with E-state index < -0.39 is 0 Å². The molecule has 3 heterocycles. The molecule has 5 nitrogen and oxygen atoms in total. The van der Waals surface area contributed by atoms with Crippen molar-refractivity contribution >= 4 is 11.9 Å². The van der Waals surface area contributed by atoms with E-state index in [4.69, 9.17) is 14.2 Å². The molecule has 0 saturated carbocycles. The van der Waals surface area contributed by atoms with E-state index in [2.05, 4.69) is 4.90 Å². The Kier molecular flexibility index (Phi) is 4.60.